The predicted molar refractivity (Wildman–Crippen MR) is 153 cm³/mol. The van der Waals surface area contributed by atoms with Gasteiger partial charge in [0.05, 0.1) is 5.92 Å². The second kappa shape index (κ2) is 9.33. The quantitative estimate of drug-likeness (QED) is 0.259. The van der Waals surface area contributed by atoms with Gasteiger partial charge >= 0.3 is 0 Å². The van der Waals surface area contributed by atoms with Gasteiger partial charge in [-0.2, -0.15) is 0 Å². The lowest BCUT2D eigenvalue weighted by Gasteiger charge is -2.17. The minimum atomic E-state index is -0.449. The van der Waals surface area contributed by atoms with Gasteiger partial charge in [0.1, 0.15) is 22.7 Å². The van der Waals surface area contributed by atoms with Gasteiger partial charge in [-0.1, -0.05) is 54.6 Å². The van der Waals surface area contributed by atoms with E-state index in [0.29, 0.717) is 23.6 Å². The summed E-state index contributed by atoms with van der Waals surface area (Å²) in [6.07, 6.45) is 0.160. The first-order valence-electron chi connectivity index (χ1n) is 12.9. The molecule has 0 radical (unpaired) electrons. The van der Waals surface area contributed by atoms with Crippen molar-refractivity contribution in [3.8, 4) is 11.5 Å². The van der Waals surface area contributed by atoms with Crippen LogP contribution in [0.25, 0.3) is 32.7 Å². The Morgan fingerprint density at radius 3 is 2.41 bits per heavy atom. The number of para-hydroxylation sites is 1. The van der Waals surface area contributed by atoms with E-state index in [4.69, 9.17) is 9.15 Å². The molecule has 1 aromatic heterocycles. The van der Waals surface area contributed by atoms with Crippen molar-refractivity contribution in [2.75, 3.05) is 16.8 Å². The fourth-order valence-electron chi connectivity index (χ4n) is 5.29. The highest BCUT2D eigenvalue weighted by molar-refractivity contribution is 6.07. The zero-order chi connectivity index (χ0) is 26.3. The Morgan fingerprint density at radius 1 is 0.795 bits per heavy atom. The second-order valence-electron chi connectivity index (χ2n) is 9.78. The van der Waals surface area contributed by atoms with E-state index in [1.165, 1.54) is 0 Å². The Labute approximate surface area is 224 Å². The largest absolute Gasteiger partial charge is 0.457 e. The van der Waals surface area contributed by atoms with Crippen molar-refractivity contribution in [1.82, 2.24) is 0 Å². The molecule has 0 unspecified atom stereocenters. The lowest BCUT2D eigenvalue weighted by molar-refractivity contribution is -0.122. The summed E-state index contributed by atoms with van der Waals surface area (Å²) < 4.78 is 12.1. The molecule has 2 amide bonds. The van der Waals surface area contributed by atoms with Crippen LogP contribution in [-0.2, 0) is 9.59 Å². The molecule has 6 nitrogen and oxygen atoms in total. The summed E-state index contributed by atoms with van der Waals surface area (Å²) in [6.45, 7) is 0.321. The third-order valence-electron chi connectivity index (χ3n) is 7.27. The number of carbonyl (C=O) groups excluding carboxylic acids is 2. The van der Waals surface area contributed by atoms with E-state index in [0.717, 1.165) is 38.6 Å². The first-order chi connectivity index (χ1) is 19.1. The highest BCUT2D eigenvalue weighted by Crippen LogP contribution is 2.33. The molecule has 6 heteroatoms. The van der Waals surface area contributed by atoms with Gasteiger partial charge in [0, 0.05) is 46.6 Å². The van der Waals surface area contributed by atoms with Crippen LogP contribution in [-0.4, -0.2) is 18.4 Å². The van der Waals surface area contributed by atoms with Crippen LogP contribution >= 0.6 is 0 Å². The number of carbonyl (C=O) groups is 2. The summed E-state index contributed by atoms with van der Waals surface area (Å²) in [4.78, 5) is 27.6. The number of amides is 2. The van der Waals surface area contributed by atoms with E-state index in [1.54, 1.807) is 4.90 Å². The van der Waals surface area contributed by atoms with Crippen LogP contribution in [0.4, 0.5) is 11.4 Å². The van der Waals surface area contributed by atoms with Gasteiger partial charge in [-0.15, -0.1) is 0 Å². The fraction of sp³-hybridized carbons (Fsp3) is 0.0909. The van der Waals surface area contributed by atoms with E-state index in [9.17, 15) is 9.59 Å². The zero-order valence-electron chi connectivity index (χ0n) is 21.0. The van der Waals surface area contributed by atoms with E-state index in [2.05, 4.69) is 5.32 Å². The Morgan fingerprint density at radius 2 is 1.54 bits per heavy atom. The van der Waals surface area contributed by atoms with Gasteiger partial charge in [-0.3, -0.25) is 9.59 Å². The molecular formula is C33H24N2O4. The van der Waals surface area contributed by atoms with Crippen LogP contribution in [0, 0.1) is 5.92 Å². The number of nitrogens with one attached hydrogen (secondary N) is 1. The summed E-state index contributed by atoms with van der Waals surface area (Å²) in [5.41, 5.74) is 2.90. The fourth-order valence-corrected chi connectivity index (χ4v) is 5.29. The van der Waals surface area contributed by atoms with Gasteiger partial charge in [0.2, 0.25) is 11.8 Å². The summed E-state index contributed by atoms with van der Waals surface area (Å²) >= 11 is 0. The molecule has 0 bridgehead atoms. The normalized spacial score (nSPS) is 15.3. The third-order valence-corrected chi connectivity index (χ3v) is 7.27. The molecular weight excluding hydrogens is 488 g/mol. The van der Waals surface area contributed by atoms with Gasteiger partial charge in [0.15, 0.2) is 0 Å². The van der Waals surface area contributed by atoms with Gasteiger partial charge in [0.25, 0.3) is 0 Å². The molecule has 1 fully saturated rings. The summed E-state index contributed by atoms with van der Waals surface area (Å²) in [5.74, 6) is 0.742. The van der Waals surface area contributed by atoms with Crippen molar-refractivity contribution >= 4 is 55.9 Å². The molecule has 1 aliphatic heterocycles. The SMILES string of the molecule is O=C(Nc1ccc2c(c1)oc1ccccc12)[C@@H]1CC(=O)N(c2ccc(Oc3cccc4ccccc34)cc2)C1. The van der Waals surface area contributed by atoms with E-state index in [1.807, 2.05) is 109 Å². The van der Waals surface area contributed by atoms with Crippen LogP contribution in [0.15, 0.2) is 114 Å². The monoisotopic (exact) mass is 512 g/mol. The molecule has 2 heterocycles. The first kappa shape index (κ1) is 23.0. The van der Waals surface area contributed by atoms with Crippen molar-refractivity contribution in [2.24, 2.45) is 5.92 Å². The number of nitrogens with zero attached hydrogens (tertiary/aromatic N) is 1. The van der Waals surface area contributed by atoms with Crippen molar-refractivity contribution < 1.29 is 18.7 Å². The molecule has 39 heavy (non-hydrogen) atoms. The topological polar surface area (TPSA) is 71.8 Å². The summed E-state index contributed by atoms with van der Waals surface area (Å²) in [7, 11) is 0. The van der Waals surface area contributed by atoms with Crippen LogP contribution in [0.2, 0.25) is 0 Å². The number of hydrogen-bond donors (Lipinski definition) is 1. The molecule has 190 valence electrons. The first-order valence-corrected chi connectivity index (χ1v) is 12.9. The van der Waals surface area contributed by atoms with Gasteiger partial charge in [-0.05, 0) is 53.9 Å². The van der Waals surface area contributed by atoms with Gasteiger partial charge in [-0.25, -0.2) is 0 Å². The number of rotatable bonds is 5. The molecule has 7 rings (SSSR count). The maximum absolute atomic E-state index is 13.1. The summed E-state index contributed by atoms with van der Waals surface area (Å²) in [5, 5.41) is 7.14. The maximum atomic E-state index is 13.1. The number of fused-ring (bicyclic) bond motifs is 4. The van der Waals surface area contributed by atoms with Crippen LogP contribution in [0.3, 0.4) is 0 Å². The standard InChI is InChI=1S/C33H24N2O4/c36-32-18-22(33(37)34-23-12-17-28-27-9-3-4-10-30(27)39-31(28)19-23)20-35(32)24-13-15-25(16-14-24)38-29-11-5-7-21-6-1-2-8-26(21)29/h1-17,19,22H,18,20H2,(H,34,37)/t22-/m1/s1. The number of furan rings is 1. The number of anilines is 2. The minimum Gasteiger partial charge on any atom is -0.457 e. The van der Waals surface area contributed by atoms with Crippen molar-refractivity contribution in [2.45, 2.75) is 6.42 Å². The van der Waals surface area contributed by atoms with E-state index < -0.39 is 5.92 Å². The molecule has 6 aromatic rings. The molecule has 1 atom stereocenters. The Kier molecular flexibility index (Phi) is 5.51. The van der Waals surface area contributed by atoms with Crippen molar-refractivity contribution in [3.05, 3.63) is 109 Å². The van der Waals surface area contributed by atoms with Crippen molar-refractivity contribution in [3.63, 3.8) is 0 Å². The predicted octanol–water partition coefficient (Wildman–Crippen LogP) is 7.52. The molecule has 0 saturated carbocycles. The second-order valence-corrected chi connectivity index (χ2v) is 9.78. The van der Waals surface area contributed by atoms with Crippen LogP contribution in [0.1, 0.15) is 6.42 Å². The molecule has 1 aliphatic rings. The third kappa shape index (κ3) is 4.26. The Bertz CT molecular complexity index is 1870. The highest BCUT2D eigenvalue weighted by Gasteiger charge is 2.35. The lowest BCUT2D eigenvalue weighted by Crippen LogP contribution is -2.28. The molecule has 0 spiro atoms. The molecule has 0 aliphatic carbocycles. The van der Waals surface area contributed by atoms with Gasteiger partial charge < -0.3 is 19.4 Å². The Hall–Kier alpha value is -5.10. The minimum absolute atomic E-state index is 0.0781. The Balaban J connectivity index is 1.04. The zero-order valence-corrected chi connectivity index (χ0v) is 21.0. The van der Waals surface area contributed by atoms with Crippen molar-refractivity contribution in [1.29, 1.82) is 0 Å². The number of benzene rings is 5. The van der Waals surface area contributed by atoms with E-state index in [-0.39, 0.29) is 18.2 Å². The number of ether oxygens (including phenoxy) is 1. The summed E-state index contributed by atoms with van der Waals surface area (Å²) in [6, 6.07) is 34.9. The van der Waals surface area contributed by atoms with Crippen LogP contribution < -0.4 is 15.0 Å². The maximum Gasteiger partial charge on any atom is 0.229 e. The van der Waals surface area contributed by atoms with Crippen LogP contribution in [0.5, 0.6) is 11.5 Å². The average molecular weight is 513 g/mol. The molecule has 1 saturated heterocycles. The smallest absolute Gasteiger partial charge is 0.229 e. The van der Waals surface area contributed by atoms with E-state index >= 15 is 0 Å². The number of hydrogen-bond acceptors (Lipinski definition) is 4. The average Bonchev–Trinajstić information content (AvgIpc) is 3.54. The molecule has 5 aromatic carbocycles. The lowest BCUT2D eigenvalue weighted by atomic mass is 10.1. The highest BCUT2D eigenvalue weighted by atomic mass is 16.5. The molecule has 1 N–H and O–H groups in total.